The Hall–Kier alpha value is -0.840. The van der Waals surface area contributed by atoms with Crippen LogP contribution < -0.4 is 5.32 Å². The number of hydrogen-bond donors (Lipinski definition) is 1. The van der Waals surface area contributed by atoms with Crippen LogP contribution in [0.3, 0.4) is 0 Å². The lowest BCUT2D eigenvalue weighted by Crippen LogP contribution is -2.14. The number of hydrogen-bond acceptors (Lipinski definition) is 4. The van der Waals surface area contributed by atoms with E-state index in [0.717, 1.165) is 10.9 Å². The van der Waals surface area contributed by atoms with Gasteiger partial charge in [0.1, 0.15) is 4.34 Å². The van der Waals surface area contributed by atoms with Crippen molar-refractivity contribution in [2.45, 2.75) is 9.59 Å². The van der Waals surface area contributed by atoms with Gasteiger partial charge in [-0.1, -0.05) is 42.1 Å². The first-order valence-electron chi connectivity index (χ1n) is 5.16. The summed E-state index contributed by atoms with van der Waals surface area (Å²) in [6.07, 6.45) is 1.86. The molecule has 0 aliphatic rings. The van der Waals surface area contributed by atoms with Crippen LogP contribution in [-0.2, 0) is 0 Å². The fourth-order valence-corrected chi connectivity index (χ4v) is 3.48. The number of nitrogens with one attached hydrogen (secondary N) is 1. The maximum atomic E-state index is 4.32. The lowest BCUT2D eigenvalue weighted by atomic mass is 10.1. The van der Waals surface area contributed by atoms with E-state index in [4.69, 9.17) is 0 Å². The molecule has 1 atom stereocenters. The standard InChI is InChI=1S/C12H14N2S2/c1-13-9-11(10-5-3-2-4-6-10)16-12-14-7-8-15-12/h2-8,11,13H,9H2,1H3. The Morgan fingerprint density at radius 3 is 2.81 bits per heavy atom. The molecular formula is C12H14N2S2. The SMILES string of the molecule is CNCC(Sc1nccs1)c1ccccc1. The molecule has 1 heterocycles. The van der Waals surface area contributed by atoms with Gasteiger partial charge in [-0.3, -0.25) is 0 Å². The molecule has 0 bridgehead atoms. The first kappa shape index (κ1) is 11.6. The summed E-state index contributed by atoms with van der Waals surface area (Å²) in [5.74, 6) is 0. The van der Waals surface area contributed by atoms with Gasteiger partial charge in [0, 0.05) is 23.4 Å². The summed E-state index contributed by atoms with van der Waals surface area (Å²) in [6, 6.07) is 10.6. The van der Waals surface area contributed by atoms with Crippen molar-refractivity contribution in [2.24, 2.45) is 0 Å². The molecule has 2 aromatic rings. The lowest BCUT2D eigenvalue weighted by molar-refractivity contribution is 0.777. The van der Waals surface area contributed by atoms with Crippen LogP contribution in [0, 0.1) is 0 Å². The monoisotopic (exact) mass is 250 g/mol. The van der Waals surface area contributed by atoms with Crippen molar-refractivity contribution in [1.82, 2.24) is 10.3 Å². The van der Waals surface area contributed by atoms with Crippen LogP contribution >= 0.6 is 23.1 Å². The summed E-state index contributed by atoms with van der Waals surface area (Å²) in [7, 11) is 1.98. The molecule has 16 heavy (non-hydrogen) atoms. The van der Waals surface area contributed by atoms with Gasteiger partial charge in [0.25, 0.3) is 0 Å². The Balaban J connectivity index is 2.11. The van der Waals surface area contributed by atoms with Crippen LogP contribution in [0.25, 0.3) is 0 Å². The zero-order valence-corrected chi connectivity index (χ0v) is 10.7. The highest BCUT2D eigenvalue weighted by atomic mass is 32.2. The van der Waals surface area contributed by atoms with Gasteiger partial charge < -0.3 is 5.32 Å². The molecule has 4 heteroatoms. The minimum absolute atomic E-state index is 0.428. The quantitative estimate of drug-likeness (QED) is 0.825. The van der Waals surface area contributed by atoms with Gasteiger partial charge in [-0.2, -0.15) is 0 Å². The van der Waals surface area contributed by atoms with Crippen LogP contribution in [0.2, 0.25) is 0 Å². The van der Waals surface area contributed by atoms with Gasteiger partial charge in [-0.25, -0.2) is 4.98 Å². The number of nitrogens with zero attached hydrogens (tertiary/aromatic N) is 1. The van der Waals surface area contributed by atoms with E-state index in [-0.39, 0.29) is 0 Å². The molecule has 84 valence electrons. The highest BCUT2D eigenvalue weighted by Crippen LogP contribution is 2.35. The average Bonchev–Trinajstić information content (AvgIpc) is 2.83. The number of benzene rings is 1. The Morgan fingerprint density at radius 2 is 2.19 bits per heavy atom. The summed E-state index contributed by atoms with van der Waals surface area (Å²) in [6.45, 7) is 0.953. The van der Waals surface area contributed by atoms with Gasteiger partial charge in [-0.05, 0) is 12.6 Å². The van der Waals surface area contributed by atoms with Crippen molar-refractivity contribution >= 4 is 23.1 Å². The molecule has 0 saturated heterocycles. The molecule has 0 spiro atoms. The molecule has 1 aromatic carbocycles. The molecule has 0 saturated carbocycles. The molecule has 0 fully saturated rings. The number of thiazole rings is 1. The fourth-order valence-electron chi connectivity index (χ4n) is 1.47. The van der Waals surface area contributed by atoms with E-state index in [0.29, 0.717) is 5.25 Å². The van der Waals surface area contributed by atoms with Crippen LogP contribution in [0.5, 0.6) is 0 Å². The van der Waals surface area contributed by atoms with E-state index in [2.05, 4.69) is 34.6 Å². The van der Waals surface area contributed by atoms with Crippen molar-refractivity contribution in [1.29, 1.82) is 0 Å². The van der Waals surface area contributed by atoms with Crippen LogP contribution in [0.1, 0.15) is 10.8 Å². The van der Waals surface area contributed by atoms with Crippen molar-refractivity contribution in [3.05, 3.63) is 47.5 Å². The van der Waals surface area contributed by atoms with Gasteiger partial charge in [0.2, 0.25) is 0 Å². The maximum absolute atomic E-state index is 4.32. The van der Waals surface area contributed by atoms with Gasteiger partial charge in [-0.15, -0.1) is 11.3 Å². The Labute approximate surface area is 104 Å². The summed E-state index contributed by atoms with van der Waals surface area (Å²) >= 11 is 3.51. The molecule has 0 radical (unpaired) electrons. The Morgan fingerprint density at radius 1 is 1.38 bits per heavy atom. The lowest BCUT2D eigenvalue weighted by Gasteiger charge is -2.14. The molecule has 2 nitrogen and oxygen atoms in total. The van der Waals surface area contributed by atoms with Crippen LogP contribution in [-0.4, -0.2) is 18.6 Å². The zero-order valence-electron chi connectivity index (χ0n) is 9.09. The number of rotatable bonds is 5. The Kier molecular flexibility index (Phi) is 4.39. The topological polar surface area (TPSA) is 24.9 Å². The second kappa shape index (κ2) is 6.03. The third-order valence-electron chi connectivity index (χ3n) is 2.21. The van der Waals surface area contributed by atoms with E-state index in [1.807, 2.05) is 36.5 Å². The van der Waals surface area contributed by atoms with Gasteiger partial charge >= 0.3 is 0 Å². The molecule has 1 unspecified atom stereocenters. The minimum atomic E-state index is 0.428. The van der Waals surface area contributed by atoms with Crippen molar-refractivity contribution in [3.63, 3.8) is 0 Å². The largest absolute Gasteiger partial charge is 0.318 e. The number of thioether (sulfide) groups is 1. The summed E-state index contributed by atoms with van der Waals surface area (Å²) in [5.41, 5.74) is 1.34. The predicted molar refractivity (Wildman–Crippen MR) is 71.1 cm³/mol. The van der Waals surface area contributed by atoms with E-state index in [1.54, 1.807) is 11.3 Å². The van der Waals surface area contributed by atoms with Crippen molar-refractivity contribution in [3.8, 4) is 0 Å². The predicted octanol–water partition coefficient (Wildman–Crippen LogP) is 3.20. The molecule has 0 aliphatic carbocycles. The molecule has 1 aromatic heterocycles. The maximum Gasteiger partial charge on any atom is 0.150 e. The summed E-state index contributed by atoms with van der Waals surface area (Å²) in [5, 5.41) is 5.68. The fraction of sp³-hybridized carbons (Fsp3) is 0.250. The van der Waals surface area contributed by atoms with E-state index < -0.39 is 0 Å². The van der Waals surface area contributed by atoms with Gasteiger partial charge in [0.15, 0.2) is 0 Å². The Bertz CT molecular complexity index is 400. The van der Waals surface area contributed by atoms with Crippen LogP contribution in [0.15, 0.2) is 46.2 Å². The molecule has 1 N–H and O–H groups in total. The minimum Gasteiger partial charge on any atom is -0.318 e. The number of likely N-dealkylation sites (N-methyl/N-ethyl adjacent to an activating group) is 1. The molecular weight excluding hydrogens is 236 g/mol. The first-order chi connectivity index (χ1) is 7.90. The average molecular weight is 250 g/mol. The molecule has 0 amide bonds. The van der Waals surface area contributed by atoms with Crippen molar-refractivity contribution < 1.29 is 0 Å². The van der Waals surface area contributed by atoms with Crippen molar-refractivity contribution in [2.75, 3.05) is 13.6 Å². The second-order valence-corrected chi connectivity index (χ2v) is 5.72. The van der Waals surface area contributed by atoms with Crippen LogP contribution in [0.4, 0.5) is 0 Å². The highest BCUT2D eigenvalue weighted by Gasteiger charge is 2.13. The smallest absolute Gasteiger partial charge is 0.150 e. The molecule has 2 rings (SSSR count). The third kappa shape index (κ3) is 3.07. The van der Waals surface area contributed by atoms with Gasteiger partial charge in [0.05, 0.1) is 0 Å². The third-order valence-corrected chi connectivity index (χ3v) is 4.39. The van der Waals surface area contributed by atoms with E-state index in [1.165, 1.54) is 5.56 Å². The number of aromatic nitrogens is 1. The summed E-state index contributed by atoms with van der Waals surface area (Å²) in [4.78, 5) is 4.32. The normalized spacial score (nSPS) is 12.6. The first-order valence-corrected chi connectivity index (χ1v) is 6.92. The van der Waals surface area contributed by atoms with E-state index >= 15 is 0 Å². The zero-order chi connectivity index (χ0) is 11.2. The molecule has 0 aliphatic heterocycles. The van der Waals surface area contributed by atoms with E-state index in [9.17, 15) is 0 Å². The summed E-state index contributed by atoms with van der Waals surface area (Å²) < 4.78 is 1.13. The highest BCUT2D eigenvalue weighted by molar-refractivity contribution is 8.01. The second-order valence-electron chi connectivity index (χ2n) is 3.37.